The van der Waals surface area contributed by atoms with Crippen molar-refractivity contribution in [2.24, 2.45) is 0 Å². The van der Waals surface area contributed by atoms with Gasteiger partial charge < -0.3 is 18.9 Å². The summed E-state index contributed by atoms with van der Waals surface area (Å²) >= 11 is 0. The molecule has 0 aromatic rings. The van der Waals surface area contributed by atoms with E-state index in [-0.39, 0.29) is 32.0 Å². The summed E-state index contributed by atoms with van der Waals surface area (Å²) in [6.45, 7) is 6.65. The van der Waals surface area contributed by atoms with Crippen molar-refractivity contribution < 1.29 is 42.1 Å². The Bertz CT molecular complexity index is 1060. The molecule has 1 heterocycles. The molecule has 1 fully saturated rings. The highest BCUT2D eigenvalue weighted by Gasteiger charge is 2.29. The first-order valence-corrected chi connectivity index (χ1v) is 25.3. The Hall–Kier alpha value is -1.51. The summed E-state index contributed by atoms with van der Waals surface area (Å²) in [4.78, 5) is 35.7. The molecule has 0 bridgehead atoms. The van der Waals surface area contributed by atoms with Crippen LogP contribution in [0.5, 0.6) is 0 Å². The number of likely N-dealkylation sites (N-methyl/N-ethyl adjacent to an activating group) is 1. The molecule has 0 radical (unpaired) electrons. The summed E-state index contributed by atoms with van der Waals surface area (Å²) in [5, 5.41) is 0. The van der Waals surface area contributed by atoms with E-state index in [9.17, 15) is 19.0 Å². The second kappa shape index (κ2) is 37.5. The molecule has 9 nitrogen and oxygen atoms in total. The van der Waals surface area contributed by atoms with E-state index in [1.807, 2.05) is 0 Å². The van der Waals surface area contributed by atoms with Crippen LogP contribution in [0.3, 0.4) is 0 Å². The quantitative estimate of drug-likeness (QED) is 0.0214. The summed E-state index contributed by atoms with van der Waals surface area (Å²) in [5.41, 5.74) is 0. The summed E-state index contributed by atoms with van der Waals surface area (Å²) in [5.74, 6) is -0.793. The van der Waals surface area contributed by atoms with Crippen molar-refractivity contribution in [2.75, 3.05) is 46.5 Å². The number of hydrogen-bond acceptors (Lipinski definition) is 7. The van der Waals surface area contributed by atoms with E-state index in [1.54, 1.807) is 0 Å². The first kappa shape index (κ1) is 53.5. The van der Waals surface area contributed by atoms with Crippen LogP contribution < -0.4 is 0 Å². The minimum Gasteiger partial charge on any atom is -0.462 e. The number of unbranched alkanes of at least 4 members (excludes halogenated alkanes) is 22. The van der Waals surface area contributed by atoms with Crippen molar-refractivity contribution in [3.8, 4) is 0 Å². The van der Waals surface area contributed by atoms with Crippen LogP contribution in [0.15, 0.2) is 24.3 Å². The predicted octanol–water partition coefficient (Wildman–Crippen LogP) is 13.3. The average Bonchev–Trinajstić information content (AvgIpc) is 3.19. The van der Waals surface area contributed by atoms with Crippen LogP contribution in [-0.2, 0) is 32.7 Å². The van der Waals surface area contributed by atoms with Crippen molar-refractivity contribution in [3.05, 3.63) is 24.3 Å². The molecule has 1 aliphatic rings. The molecule has 1 aliphatic heterocycles. The number of nitrogens with zero attached hydrogens (tertiary/aromatic N) is 1. The van der Waals surface area contributed by atoms with Crippen molar-refractivity contribution in [3.63, 3.8) is 0 Å². The van der Waals surface area contributed by atoms with Gasteiger partial charge in [0.15, 0.2) is 6.10 Å². The summed E-state index contributed by atoms with van der Waals surface area (Å²) < 4.78 is 35.2. The Morgan fingerprint density at radius 3 is 1.47 bits per heavy atom. The van der Waals surface area contributed by atoms with Gasteiger partial charge in [0.05, 0.1) is 26.7 Å². The number of esters is 2. The number of phosphoric ester groups is 1. The summed E-state index contributed by atoms with van der Waals surface area (Å²) in [6, 6.07) is 0. The number of ether oxygens (including phenoxy) is 2. The van der Waals surface area contributed by atoms with Crippen LogP contribution >= 0.6 is 7.82 Å². The number of carbonyl (C=O) groups excluding carboxylic acids is 2. The fourth-order valence-electron chi connectivity index (χ4n) is 7.39. The monoisotopic (exact) mass is 827 g/mol. The zero-order valence-corrected chi connectivity index (χ0v) is 38.1. The van der Waals surface area contributed by atoms with Crippen LogP contribution in [0.1, 0.15) is 213 Å². The van der Waals surface area contributed by atoms with Crippen LogP contribution in [0.4, 0.5) is 0 Å². The smallest absolute Gasteiger partial charge is 0.462 e. The third-order valence-corrected chi connectivity index (χ3v) is 12.2. The van der Waals surface area contributed by atoms with E-state index in [4.69, 9.17) is 18.5 Å². The molecular weight excluding hydrogens is 737 g/mol. The average molecular weight is 827 g/mol. The Balaban J connectivity index is 2.35. The molecule has 1 unspecified atom stereocenters. The number of phosphoric acid groups is 1. The van der Waals surface area contributed by atoms with Crippen LogP contribution in [0, 0.1) is 0 Å². The lowest BCUT2D eigenvalue weighted by Crippen LogP contribution is -2.49. The van der Waals surface area contributed by atoms with Gasteiger partial charge in [0, 0.05) is 12.8 Å². The fourth-order valence-corrected chi connectivity index (χ4v) is 8.13. The molecule has 0 spiro atoms. The second-order valence-electron chi connectivity index (χ2n) is 16.9. The lowest BCUT2D eigenvalue weighted by molar-refractivity contribution is -0.914. The molecule has 0 amide bonds. The number of quaternary nitrogens is 1. The molecular formula is C47H89NO8P+. The maximum atomic E-state index is 12.8. The molecule has 1 rings (SSSR count). The SMILES string of the molecule is CCCCCCCC/C=C\CCCCCCCC(=O)OC[C@H](COP(=O)(O)OCC[N+]1(C)CCCCC1)OC(=O)CCCCCCC/C=C\CCCCCCCC. The molecule has 1 N–H and O–H groups in total. The van der Waals surface area contributed by atoms with Crippen molar-refractivity contribution >= 4 is 19.8 Å². The molecule has 1 saturated heterocycles. The highest BCUT2D eigenvalue weighted by atomic mass is 31.2. The molecule has 0 aliphatic carbocycles. The van der Waals surface area contributed by atoms with E-state index in [0.717, 1.165) is 94.6 Å². The molecule has 57 heavy (non-hydrogen) atoms. The molecule has 0 saturated carbocycles. The highest BCUT2D eigenvalue weighted by molar-refractivity contribution is 7.47. The number of likely N-dealkylation sites (tertiary alicyclic amines) is 1. The largest absolute Gasteiger partial charge is 0.472 e. The minimum atomic E-state index is -4.39. The molecule has 2 atom stereocenters. The lowest BCUT2D eigenvalue weighted by Gasteiger charge is -2.37. The summed E-state index contributed by atoms with van der Waals surface area (Å²) in [7, 11) is -2.24. The standard InChI is InChI=1S/C47H88NO8P/c1-4-6-8-10-12-14-16-18-20-22-24-26-28-30-33-37-46(49)53-43-45(44-55-57(51,52)54-42-41-48(3)39-35-32-36-40-48)56-47(50)38-34-31-29-27-25-23-21-19-17-15-13-11-9-7-5-2/h18-21,45H,4-17,22-44H2,1-3H3/p+1/b20-18-,21-19-/t45-/m1/s1. The zero-order chi connectivity index (χ0) is 41.6. The van der Waals surface area contributed by atoms with Crippen molar-refractivity contribution in [1.82, 2.24) is 0 Å². The number of rotatable bonds is 40. The topological polar surface area (TPSA) is 108 Å². The molecule has 10 heteroatoms. The highest BCUT2D eigenvalue weighted by Crippen LogP contribution is 2.43. The second-order valence-corrected chi connectivity index (χ2v) is 18.4. The first-order chi connectivity index (χ1) is 27.7. The van der Waals surface area contributed by atoms with Gasteiger partial charge in [-0.05, 0) is 83.5 Å². The van der Waals surface area contributed by atoms with E-state index >= 15 is 0 Å². The van der Waals surface area contributed by atoms with Crippen molar-refractivity contribution in [2.45, 2.75) is 219 Å². The zero-order valence-electron chi connectivity index (χ0n) is 37.2. The molecule has 0 aromatic carbocycles. The van der Waals surface area contributed by atoms with E-state index in [2.05, 4.69) is 45.2 Å². The Morgan fingerprint density at radius 1 is 0.579 bits per heavy atom. The van der Waals surface area contributed by atoms with Crippen LogP contribution in [-0.4, -0.2) is 73.9 Å². The molecule has 0 aromatic heterocycles. The number of piperidine rings is 1. The first-order valence-electron chi connectivity index (χ1n) is 23.8. The number of hydrogen-bond donors (Lipinski definition) is 1. The van der Waals surface area contributed by atoms with E-state index in [1.165, 1.54) is 103 Å². The van der Waals surface area contributed by atoms with Crippen LogP contribution in [0.25, 0.3) is 0 Å². The van der Waals surface area contributed by atoms with Gasteiger partial charge in [-0.2, -0.15) is 0 Å². The maximum Gasteiger partial charge on any atom is 0.472 e. The summed E-state index contributed by atoms with van der Waals surface area (Å²) in [6.07, 6.45) is 42.9. The van der Waals surface area contributed by atoms with Gasteiger partial charge in [0.1, 0.15) is 19.8 Å². The predicted molar refractivity (Wildman–Crippen MR) is 236 cm³/mol. The Labute approximate surface area is 350 Å². The Morgan fingerprint density at radius 2 is 1.00 bits per heavy atom. The van der Waals surface area contributed by atoms with Gasteiger partial charge in [-0.25, -0.2) is 4.57 Å². The van der Waals surface area contributed by atoms with Gasteiger partial charge in [0.2, 0.25) is 0 Å². The third kappa shape index (κ3) is 35.0. The normalized spacial score (nSPS) is 15.9. The van der Waals surface area contributed by atoms with Gasteiger partial charge in [0.25, 0.3) is 0 Å². The van der Waals surface area contributed by atoms with Crippen molar-refractivity contribution in [1.29, 1.82) is 0 Å². The minimum absolute atomic E-state index is 0.0924. The fraction of sp³-hybridized carbons (Fsp3) is 0.872. The number of allylic oxidation sites excluding steroid dienone is 4. The molecule has 334 valence electrons. The number of carbonyl (C=O) groups is 2. The van der Waals surface area contributed by atoms with Gasteiger partial charge in [-0.3, -0.25) is 18.6 Å². The van der Waals surface area contributed by atoms with Crippen LogP contribution in [0.2, 0.25) is 0 Å². The Kier molecular flexibility index (Phi) is 35.2. The van der Waals surface area contributed by atoms with Gasteiger partial charge in [-0.1, -0.05) is 141 Å². The third-order valence-electron chi connectivity index (χ3n) is 11.2. The maximum absolute atomic E-state index is 12.8. The van der Waals surface area contributed by atoms with Gasteiger partial charge in [-0.15, -0.1) is 0 Å². The van der Waals surface area contributed by atoms with Gasteiger partial charge >= 0.3 is 19.8 Å². The van der Waals surface area contributed by atoms with E-state index < -0.39 is 26.5 Å². The lowest BCUT2D eigenvalue weighted by atomic mass is 10.1. The van der Waals surface area contributed by atoms with E-state index in [0.29, 0.717) is 13.0 Å².